The van der Waals surface area contributed by atoms with Gasteiger partial charge in [-0.15, -0.1) is 0 Å². The number of carbonyl (C=O) groups excluding carboxylic acids is 1. The molecule has 1 unspecified atom stereocenters. The zero-order valence-electron chi connectivity index (χ0n) is 17.0. The fourth-order valence-corrected chi connectivity index (χ4v) is 5.59. The Bertz CT molecular complexity index is 1190. The Labute approximate surface area is 187 Å². The highest BCUT2D eigenvalue weighted by molar-refractivity contribution is 7.92. The van der Waals surface area contributed by atoms with Crippen LogP contribution in [0.15, 0.2) is 77.7 Å². The Kier molecular flexibility index (Phi) is 6.03. The number of hydrogen-bond acceptors (Lipinski definition) is 4. The van der Waals surface area contributed by atoms with Crippen molar-refractivity contribution in [1.29, 1.82) is 0 Å². The number of halogens is 1. The zero-order valence-corrected chi connectivity index (χ0v) is 18.6. The van der Waals surface area contributed by atoms with Crippen LogP contribution in [0.1, 0.15) is 16.8 Å². The van der Waals surface area contributed by atoms with E-state index in [1.54, 1.807) is 36.3 Å². The van der Waals surface area contributed by atoms with E-state index >= 15 is 0 Å². The molecule has 1 atom stereocenters. The van der Waals surface area contributed by atoms with Crippen LogP contribution < -0.4 is 4.74 Å². The minimum Gasteiger partial charge on any atom is -0.497 e. The number of rotatable bonds is 5. The first-order valence-corrected chi connectivity index (χ1v) is 11.8. The van der Waals surface area contributed by atoms with E-state index in [9.17, 15) is 13.2 Å². The molecule has 0 aromatic heterocycles. The highest BCUT2D eigenvalue weighted by Gasteiger charge is 2.36. The Morgan fingerprint density at radius 3 is 2.39 bits per heavy atom. The maximum atomic E-state index is 12.9. The van der Waals surface area contributed by atoms with Crippen molar-refractivity contribution in [2.45, 2.75) is 16.6 Å². The predicted octanol–water partition coefficient (Wildman–Crippen LogP) is 4.70. The number of hydrogen-bond donors (Lipinski definition) is 0. The van der Waals surface area contributed by atoms with Crippen molar-refractivity contribution < 1.29 is 17.9 Å². The molecule has 1 aliphatic rings. The molecular weight excluding hydrogens is 434 g/mol. The first kappa shape index (κ1) is 21.4. The highest BCUT2D eigenvalue weighted by atomic mass is 35.5. The number of amides is 1. The van der Waals surface area contributed by atoms with Gasteiger partial charge in [-0.05, 0) is 66.1 Å². The van der Waals surface area contributed by atoms with Gasteiger partial charge < -0.3 is 9.64 Å². The molecule has 7 heteroatoms. The number of ether oxygens (including phenoxy) is 1. The third-order valence-corrected chi connectivity index (χ3v) is 7.99. The molecule has 0 N–H and O–H groups in total. The summed E-state index contributed by atoms with van der Waals surface area (Å²) >= 11 is 5.87. The van der Waals surface area contributed by atoms with E-state index in [0.717, 1.165) is 16.9 Å². The summed E-state index contributed by atoms with van der Waals surface area (Å²) in [5, 5.41) is -0.131. The van der Waals surface area contributed by atoms with Gasteiger partial charge in [0, 0.05) is 23.7 Å². The highest BCUT2D eigenvalue weighted by Crippen LogP contribution is 2.27. The molecule has 1 aliphatic heterocycles. The van der Waals surface area contributed by atoms with Crippen molar-refractivity contribution in [3.63, 3.8) is 0 Å². The van der Waals surface area contributed by atoms with Crippen LogP contribution >= 0.6 is 11.6 Å². The minimum absolute atomic E-state index is 0.161. The maximum Gasteiger partial charge on any atom is 0.253 e. The van der Waals surface area contributed by atoms with Crippen molar-refractivity contribution >= 4 is 27.3 Å². The number of benzene rings is 3. The molecule has 31 heavy (non-hydrogen) atoms. The Balaban J connectivity index is 1.47. The summed E-state index contributed by atoms with van der Waals surface area (Å²) in [7, 11) is -1.90. The quantitative estimate of drug-likeness (QED) is 0.559. The molecule has 0 spiro atoms. The van der Waals surface area contributed by atoms with Gasteiger partial charge in [0.25, 0.3) is 5.91 Å². The SMILES string of the molecule is COc1cccc(-c2ccc(C(=O)N3CCC(S(=O)(=O)c4ccc(Cl)cc4)C3)cc2)c1. The Morgan fingerprint density at radius 1 is 1.00 bits per heavy atom. The summed E-state index contributed by atoms with van der Waals surface area (Å²) in [6.07, 6.45) is 0.415. The van der Waals surface area contributed by atoms with Gasteiger partial charge in [0.1, 0.15) is 5.75 Å². The Hall–Kier alpha value is -2.83. The van der Waals surface area contributed by atoms with Crippen LogP contribution in [0.5, 0.6) is 5.75 Å². The normalized spacial score (nSPS) is 16.3. The molecule has 0 radical (unpaired) electrons. The average Bonchev–Trinajstić information content (AvgIpc) is 3.30. The molecule has 0 aliphatic carbocycles. The monoisotopic (exact) mass is 455 g/mol. The summed E-state index contributed by atoms with van der Waals surface area (Å²) < 4.78 is 31.1. The number of carbonyl (C=O) groups is 1. The fraction of sp³-hybridized carbons (Fsp3) is 0.208. The molecule has 0 saturated carbocycles. The maximum absolute atomic E-state index is 12.9. The topological polar surface area (TPSA) is 63.7 Å². The summed E-state index contributed by atoms with van der Waals surface area (Å²) in [4.78, 5) is 14.8. The van der Waals surface area contributed by atoms with Gasteiger partial charge in [-0.1, -0.05) is 35.9 Å². The fourth-order valence-electron chi connectivity index (χ4n) is 3.77. The lowest BCUT2D eigenvalue weighted by Crippen LogP contribution is -2.31. The smallest absolute Gasteiger partial charge is 0.253 e. The molecule has 5 nitrogen and oxygen atoms in total. The van der Waals surface area contributed by atoms with E-state index in [-0.39, 0.29) is 17.3 Å². The Morgan fingerprint density at radius 2 is 1.71 bits per heavy atom. The van der Waals surface area contributed by atoms with Gasteiger partial charge in [-0.3, -0.25) is 4.79 Å². The van der Waals surface area contributed by atoms with Crippen molar-refractivity contribution in [2.75, 3.05) is 20.2 Å². The van der Waals surface area contributed by atoms with E-state index < -0.39 is 15.1 Å². The van der Waals surface area contributed by atoms with Crippen LogP contribution in [0.25, 0.3) is 11.1 Å². The standard InChI is InChI=1S/C24H22ClNO4S/c1-30-21-4-2-3-19(15-21)17-5-7-18(8-6-17)24(27)26-14-13-23(16-26)31(28,29)22-11-9-20(25)10-12-22/h2-12,15,23H,13-14,16H2,1H3. The molecule has 1 amide bonds. The minimum atomic E-state index is -3.52. The van der Waals surface area contributed by atoms with Crippen LogP contribution in [0.4, 0.5) is 0 Å². The van der Waals surface area contributed by atoms with E-state index in [1.165, 1.54) is 12.1 Å². The number of likely N-dealkylation sites (tertiary alicyclic amines) is 1. The van der Waals surface area contributed by atoms with Crippen LogP contribution in [0, 0.1) is 0 Å². The molecule has 1 heterocycles. The molecule has 160 valence electrons. The molecule has 1 fully saturated rings. The second kappa shape index (κ2) is 8.73. The first-order valence-electron chi connectivity index (χ1n) is 9.92. The van der Waals surface area contributed by atoms with Crippen molar-refractivity contribution in [1.82, 2.24) is 4.90 Å². The summed E-state index contributed by atoms with van der Waals surface area (Å²) in [6, 6.07) is 21.2. The van der Waals surface area contributed by atoms with Crippen LogP contribution in [-0.4, -0.2) is 44.7 Å². The van der Waals surface area contributed by atoms with Crippen molar-refractivity contribution in [3.8, 4) is 16.9 Å². The van der Waals surface area contributed by atoms with Crippen LogP contribution in [-0.2, 0) is 9.84 Å². The van der Waals surface area contributed by atoms with Gasteiger partial charge >= 0.3 is 0 Å². The van der Waals surface area contributed by atoms with E-state index in [2.05, 4.69) is 0 Å². The molecule has 3 aromatic carbocycles. The van der Waals surface area contributed by atoms with Crippen molar-refractivity contribution in [2.24, 2.45) is 0 Å². The van der Waals surface area contributed by atoms with E-state index in [4.69, 9.17) is 16.3 Å². The predicted molar refractivity (Wildman–Crippen MR) is 121 cm³/mol. The molecular formula is C24H22ClNO4S. The van der Waals surface area contributed by atoms with Gasteiger partial charge in [-0.25, -0.2) is 8.42 Å². The third kappa shape index (κ3) is 4.45. The van der Waals surface area contributed by atoms with Gasteiger partial charge in [0.05, 0.1) is 17.3 Å². The average molecular weight is 456 g/mol. The van der Waals surface area contributed by atoms with E-state index in [0.29, 0.717) is 23.6 Å². The summed E-state index contributed by atoms with van der Waals surface area (Å²) in [5.41, 5.74) is 2.50. The molecule has 1 saturated heterocycles. The number of sulfone groups is 1. The zero-order chi connectivity index (χ0) is 22.0. The largest absolute Gasteiger partial charge is 0.497 e. The van der Waals surface area contributed by atoms with Gasteiger partial charge in [0.15, 0.2) is 9.84 Å². The molecule has 3 aromatic rings. The lowest BCUT2D eigenvalue weighted by molar-refractivity contribution is 0.0793. The first-order chi connectivity index (χ1) is 14.9. The molecule has 0 bridgehead atoms. The second-order valence-electron chi connectivity index (χ2n) is 7.47. The lowest BCUT2D eigenvalue weighted by Gasteiger charge is -2.17. The second-order valence-corrected chi connectivity index (χ2v) is 10.1. The lowest BCUT2D eigenvalue weighted by atomic mass is 10.0. The number of nitrogens with zero attached hydrogens (tertiary/aromatic N) is 1. The van der Waals surface area contributed by atoms with Crippen LogP contribution in [0.3, 0.4) is 0 Å². The van der Waals surface area contributed by atoms with E-state index in [1.807, 2.05) is 36.4 Å². The molecule has 4 rings (SSSR count). The number of methoxy groups -OCH3 is 1. The summed E-state index contributed by atoms with van der Waals surface area (Å²) in [6.45, 7) is 0.593. The third-order valence-electron chi connectivity index (χ3n) is 5.55. The van der Waals surface area contributed by atoms with Gasteiger partial charge in [0.2, 0.25) is 0 Å². The van der Waals surface area contributed by atoms with Gasteiger partial charge in [-0.2, -0.15) is 0 Å². The van der Waals surface area contributed by atoms with Crippen molar-refractivity contribution in [3.05, 3.63) is 83.4 Å². The van der Waals surface area contributed by atoms with Crippen LogP contribution in [0.2, 0.25) is 5.02 Å². The summed E-state index contributed by atoms with van der Waals surface area (Å²) in [5.74, 6) is 0.605.